The number of furan rings is 1. The Balaban J connectivity index is 1.89. The minimum absolute atomic E-state index is 0.149. The van der Waals surface area contributed by atoms with Crippen molar-refractivity contribution in [3.63, 3.8) is 0 Å². The molecule has 1 N–H and O–H groups in total. The Morgan fingerprint density at radius 3 is 2.67 bits per heavy atom. The molecule has 4 heteroatoms. The summed E-state index contributed by atoms with van der Waals surface area (Å²) in [5.74, 6) is 1.03. The zero-order valence-corrected chi connectivity index (χ0v) is 15.9. The molecule has 1 atom stereocenters. The van der Waals surface area contributed by atoms with E-state index in [-0.39, 0.29) is 11.6 Å². The third-order valence-corrected chi connectivity index (χ3v) is 5.38. The van der Waals surface area contributed by atoms with Gasteiger partial charge < -0.3 is 14.6 Å². The summed E-state index contributed by atoms with van der Waals surface area (Å²) in [5, 5.41) is 3.73. The number of rotatable bonds is 9. The van der Waals surface area contributed by atoms with Gasteiger partial charge in [0, 0.05) is 31.2 Å². The van der Waals surface area contributed by atoms with E-state index in [1.165, 1.54) is 25.9 Å². The number of likely N-dealkylation sites (tertiary alicyclic amines) is 1. The topological polar surface area (TPSA) is 31.6 Å². The summed E-state index contributed by atoms with van der Waals surface area (Å²) < 4.78 is 5.63. The third kappa shape index (κ3) is 5.20. The quantitative estimate of drug-likeness (QED) is 0.699. The lowest BCUT2D eigenvalue weighted by molar-refractivity contribution is 0.0593. The van der Waals surface area contributed by atoms with Crippen molar-refractivity contribution in [1.82, 2.24) is 15.1 Å². The molecule has 1 saturated heterocycles. The lowest BCUT2D eigenvalue weighted by atomic mass is 9.95. The summed E-state index contributed by atoms with van der Waals surface area (Å²) in [4.78, 5) is 5.00. The van der Waals surface area contributed by atoms with Crippen LogP contribution >= 0.6 is 0 Å². The second kappa shape index (κ2) is 8.84. The van der Waals surface area contributed by atoms with Gasteiger partial charge in [-0.2, -0.15) is 0 Å². The molecule has 1 fully saturated rings. The monoisotopic (exact) mass is 333 g/mol. The summed E-state index contributed by atoms with van der Waals surface area (Å²) in [6, 6.07) is 5.02. The van der Waals surface area contributed by atoms with Gasteiger partial charge in [0.15, 0.2) is 0 Å². The molecule has 0 bridgehead atoms. The second-order valence-electron chi connectivity index (χ2n) is 7.81. The molecule has 1 aliphatic heterocycles. The van der Waals surface area contributed by atoms with Crippen molar-refractivity contribution in [1.29, 1.82) is 0 Å². The molecular weight excluding hydrogens is 298 g/mol. The highest BCUT2D eigenvalue weighted by molar-refractivity contribution is 5.05. The Morgan fingerprint density at radius 2 is 2.12 bits per heavy atom. The lowest BCUT2D eigenvalue weighted by Gasteiger charge is -2.44. The van der Waals surface area contributed by atoms with Crippen LogP contribution in [0.5, 0.6) is 0 Å². The third-order valence-electron chi connectivity index (χ3n) is 5.38. The molecule has 24 heavy (non-hydrogen) atoms. The molecule has 1 unspecified atom stereocenters. The molecule has 0 aromatic carbocycles. The number of hydrogen-bond donors (Lipinski definition) is 1. The maximum absolute atomic E-state index is 5.63. The zero-order chi connectivity index (χ0) is 17.6. The van der Waals surface area contributed by atoms with E-state index >= 15 is 0 Å². The molecule has 1 aromatic rings. The fourth-order valence-corrected chi connectivity index (χ4v) is 3.59. The molecule has 2 heterocycles. The summed E-state index contributed by atoms with van der Waals surface area (Å²) in [6.07, 6.45) is 8.27. The van der Waals surface area contributed by atoms with Crippen LogP contribution in [0.2, 0.25) is 0 Å². The molecule has 4 nitrogen and oxygen atoms in total. The van der Waals surface area contributed by atoms with E-state index in [0.29, 0.717) is 0 Å². The van der Waals surface area contributed by atoms with Crippen LogP contribution in [0.1, 0.15) is 51.3 Å². The highest BCUT2D eigenvalue weighted by atomic mass is 16.3. The van der Waals surface area contributed by atoms with E-state index in [0.717, 1.165) is 31.2 Å². The Hall–Kier alpha value is -1.10. The van der Waals surface area contributed by atoms with E-state index in [1.54, 1.807) is 6.26 Å². The first-order chi connectivity index (χ1) is 11.4. The Bertz CT molecular complexity index is 473. The molecule has 0 radical (unpaired) electrons. The number of hydrogen-bond acceptors (Lipinski definition) is 4. The second-order valence-corrected chi connectivity index (χ2v) is 7.81. The average Bonchev–Trinajstić information content (AvgIpc) is 3.09. The van der Waals surface area contributed by atoms with Gasteiger partial charge in [-0.3, -0.25) is 4.90 Å². The largest absolute Gasteiger partial charge is 0.468 e. The summed E-state index contributed by atoms with van der Waals surface area (Å²) in [7, 11) is 4.39. The highest BCUT2D eigenvalue weighted by Crippen LogP contribution is 2.24. The van der Waals surface area contributed by atoms with E-state index in [9.17, 15) is 0 Å². The minimum Gasteiger partial charge on any atom is -0.468 e. The SMILES string of the molecule is C=CCCC(NCC(C)(C)N1CCC(N(C)C)CC1)c1ccco1. The van der Waals surface area contributed by atoms with Crippen LogP contribution in [0.3, 0.4) is 0 Å². The first-order valence-electron chi connectivity index (χ1n) is 9.23. The summed E-state index contributed by atoms with van der Waals surface area (Å²) >= 11 is 0. The van der Waals surface area contributed by atoms with Gasteiger partial charge in [0.1, 0.15) is 5.76 Å². The number of nitrogens with one attached hydrogen (secondary N) is 1. The molecule has 1 aliphatic rings. The van der Waals surface area contributed by atoms with Gasteiger partial charge in [0.2, 0.25) is 0 Å². The van der Waals surface area contributed by atoms with Crippen LogP contribution in [0, 0.1) is 0 Å². The molecule has 0 aliphatic carbocycles. The van der Waals surface area contributed by atoms with Crippen LogP contribution in [0.25, 0.3) is 0 Å². The smallest absolute Gasteiger partial charge is 0.120 e. The van der Waals surface area contributed by atoms with Crippen molar-refractivity contribution in [3.05, 3.63) is 36.8 Å². The van der Waals surface area contributed by atoms with Crippen molar-refractivity contribution in [3.8, 4) is 0 Å². The van der Waals surface area contributed by atoms with Crippen LogP contribution in [-0.2, 0) is 0 Å². The van der Waals surface area contributed by atoms with Gasteiger partial charge in [-0.1, -0.05) is 6.08 Å². The van der Waals surface area contributed by atoms with E-state index in [1.807, 2.05) is 12.1 Å². The Kier molecular flexibility index (Phi) is 7.08. The van der Waals surface area contributed by atoms with Crippen molar-refractivity contribution in [2.24, 2.45) is 0 Å². The Labute approximate surface area is 147 Å². The number of nitrogens with zero attached hydrogens (tertiary/aromatic N) is 2. The van der Waals surface area contributed by atoms with Gasteiger partial charge in [-0.15, -0.1) is 6.58 Å². The molecule has 0 saturated carbocycles. The molecule has 136 valence electrons. The van der Waals surface area contributed by atoms with Crippen LogP contribution in [0.4, 0.5) is 0 Å². The maximum atomic E-state index is 5.63. The Morgan fingerprint density at radius 1 is 1.42 bits per heavy atom. The lowest BCUT2D eigenvalue weighted by Crippen LogP contribution is -2.55. The molecule has 0 amide bonds. The normalized spacial score (nSPS) is 18.9. The molecule has 2 rings (SSSR count). The van der Waals surface area contributed by atoms with E-state index < -0.39 is 0 Å². The van der Waals surface area contributed by atoms with Gasteiger partial charge in [-0.05, 0) is 65.8 Å². The fraction of sp³-hybridized carbons (Fsp3) is 0.700. The van der Waals surface area contributed by atoms with Gasteiger partial charge in [0.25, 0.3) is 0 Å². The zero-order valence-electron chi connectivity index (χ0n) is 15.9. The predicted octanol–water partition coefficient (Wildman–Crippen LogP) is 3.68. The first-order valence-corrected chi connectivity index (χ1v) is 9.23. The summed E-state index contributed by atoms with van der Waals surface area (Å²) in [5.41, 5.74) is 0.149. The van der Waals surface area contributed by atoms with Crippen molar-refractivity contribution in [2.75, 3.05) is 33.7 Å². The highest BCUT2D eigenvalue weighted by Gasteiger charge is 2.31. The number of piperidine rings is 1. The predicted molar refractivity (Wildman–Crippen MR) is 101 cm³/mol. The van der Waals surface area contributed by atoms with Gasteiger partial charge >= 0.3 is 0 Å². The van der Waals surface area contributed by atoms with Crippen molar-refractivity contribution in [2.45, 2.75) is 57.2 Å². The number of allylic oxidation sites excluding steroid dienone is 1. The fourth-order valence-electron chi connectivity index (χ4n) is 3.59. The molecule has 0 spiro atoms. The molecule has 1 aromatic heterocycles. The van der Waals surface area contributed by atoms with Crippen molar-refractivity contribution < 1.29 is 4.42 Å². The van der Waals surface area contributed by atoms with E-state index in [2.05, 4.69) is 55.7 Å². The standard InChI is InChI=1S/C20H35N3O/c1-6-7-9-18(19-10-8-15-24-19)21-16-20(2,3)23-13-11-17(12-14-23)22(4)5/h6,8,10,15,17-18,21H,1,7,9,11-14,16H2,2-5H3. The molecular formula is C20H35N3O. The van der Waals surface area contributed by atoms with Gasteiger partial charge in [-0.25, -0.2) is 0 Å². The van der Waals surface area contributed by atoms with Crippen LogP contribution in [0.15, 0.2) is 35.5 Å². The first kappa shape index (κ1) is 19.2. The van der Waals surface area contributed by atoms with Crippen LogP contribution < -0.4 is 5.32 Å². The van der Waals surface area contributed by atoms with Crippen molar-refractivity contribution >= 4 is 0 Å². The maximum Gasteiger partial charge on any atom is 0.120 e. The minimum atomic E-state index is 0.149. The average molecular weight is 334 g/mol. The van der Waals surface area contributed by atoms with Gasteiger partial charge in [0.05, 0.1) is 12.3 Å². The van der Waals surface area contributed by atoms with Crippen LogP contribution in [-0.4, -0.2) is 55.1 Å². The van der Waals surface area contributed by atoms with E-state index in [4.69, 9.17) is 4.42 Å². The summed E-state index contributed by atoms with van der Waals surface area (Å²) in [6.45, 7) is 11.9.